The number of rotatable bonds is 1. The van der Waals surface area contributed by atoms with Crippen LogP contribution in [-0.4, -0.2) is 24.8 Å². The largest absolute Gasteiger partial charge is 0.378 e. The van der Waals surface area contributed by atoms with E-state index in [2.05, 4.69) is 4.98 Å². The monoisotopic (exact) mass is 273 g/mol. The Balaban J connectivity index is 2.16. The summed E-state index contributed by atoms with van der Waals surface area (Å²) in [7, 11) is 0. The highest BCUT2D eigenvalue weighted by molar-refractivity contribution is 6.29. The Morgan fingerprint density at radius 3 is 3.00 bits per heavy atom. The molecule has 3 nitrogen and oxygen atoms in total. The fourth-order valence-corrected chi connectivity index (χ4v) is 3.08. The first-order chi connectivity index (χ1) is 8.25. The summed E-state index contributed by atoms with van der Waals surface area (Å²) in [6, 6.07) is 1.85. The second-order valence-corrected chi connectivity index (χ2v) is 5.11. The van der Waals surface area contributed by atoms with Gasteiger partial charge >= 0.3 is 0 Å². The predicted octanol–water partition coefficient (Wildman–Crippen LogP) is 2.66. The van der Waals surface area contributed by atoms with Gasteiger partial charge in [-0.1, -0.05) is 11.6 Å². The molecule has 92 valence electrons. The average molecular weight is 274 g/mol. The maximum atomic E-state index is 6.06. The number of pyridine rings is 1. The van der Waals surface area contributed by atoms with E-state index < -0.39 is 0 Å². The van der Waals surface area contributed by atoms with Crippen LogP contribution in [0.25, 0.3) is 0 Å². The van der Waals surface area contributed by atoms with Crippen LogP contribution in [0, 0.1) is 0 Å². The Hall–Kier alpha value is -0.350. The summed E-state index contributed by atoms with van der Waals surface area (Å²) in [5.74, 6) is 0.460. The van der Waals surface area contributed by atoms with Crippen LogP contribution in [0.3, 0.4) is 0 Å². The summed E-state index contributed by atoms with van der Waals surface area (Å²) in [6.07, 6.45) is 1.69. The molecule has 1 aromatic heterocycles. The molecule has 5 heteroatoms. The summed E-state index contributed by atoms with van der Waals surface area (Å²) >= 11 is 12.0. The zero-order valence-electron chi connectivity index (χ0n) is 9.34. The molecule has 2 aliphatic rings. The third-order valence-corrected chi connectivity index (χ3v) is 3.96. The molecule has 2 aliphatic heterocycles. The van der Waals surface area contributed by atoms with Crippen LogP contribution in [0.2, 0.25) is 5.15 Å². The van der Waals surface area contributed by atoms with Crippen molar-refractivity contribution in [2.24, 2.45) is 0 Å². The van der Waals surface area contributed by atoms with E-state index in [4.69, 9.17) is 32.7 Å². The average Bonchev–Trinajstić information content (AvgIpc) is 2.79. The number of fused-ring (bicyclic) bond motifs is 2. The molecule has 0 aromatic carbocycles. The van der Waals surface area contributed by atoms with Gasteiger partial charge in [0.25, 0.3) is 0 Å². The summed E-state index contributed by atoms with van der Waals surface area (Å²) in [5.41, 5.74) is 2.81. The van der Waals surface area contributed by atoms with E-state index in [-0.39, 0.29) is 5.60 Å². The van der Waals surface area contributed by atoms with Crippen LogP contribution in [0.4, 0.5) is 0 Å². The van der Waals surface area contributed by atoms with Crippen LogP contribution in [0.5, 0.6) is 0 Å². The van der Waals surface area contributed by atoms with E-state index in [1.807, 2.05) is 6.07 Å². The highest BCUT2D eigenvalue weighted by Gasteiger charge is 2.43. The molecule has 1 saturated heterocycles. The van der Waals surface area contributed by atoms with Gasteiger partial charge < -0.3 is 9.47 Å². The number of alkyl halides is 1. The first kappa shape index (κ1) is 11.7. The molecule has 0 amide bonds. The van der Waals surface area contributed by atoms with Crippen molar-refractivity contribution in [3.63, 3.8) is 0 Å². The van der Waals surface area contributed by atoms with Gasteiger partial charge in [0.15, 0.2) is 0 Å². The van der Waals surface area contributed by atoms with Crippen LogP contribution in [-0.2, 0) is 27.4 Å². The highest BCUT2D eigenvalue weighted by atomic mass is 35.5. The second-order valence-electron chi connectivity index (χ2n) is 4.46. The van der Waals surface area contributed by atoms with Crippen molar-refractivity contribution >= 4 is 23.2 Å². The van der Waals surface area contributed by atoms with Gasteiger partial charge in [0, 0.05) is 18.9 Å². The van der Waals surface area contributed by atoms with E-state index >= 15 is 0 Å². The smallest absolute Gasteiger partial charge is 0.136 e. The van der Waals surface area contributed by atoms with Gasteiger partial charge in [-0.15, -0.1) is 11.6 Å². The minimum absolute atomic E-state index is 0.390. The molecule has 1 aromatic rings. The zero-order chi connectivity index (χ0) is 11.9. The quantitative estimate of drug-likeness (QED) is 0.582. The lowest BCUT2D eigenvalue weighted by atomic mass is 9.88. The molecule has 1 atom stereocenters. The molecule has 3 rings (SSSR count). The van der Waals surface area contributed by atoms with Crippen molar-refractivity contribution in [2.75, 3.05) is 19.8 Å². The van der Waals surface area contributed by atoms with Gasteiger partial charge in [-0.3, -0.25) is 0 Å². The number of hydrogen-bond acceptors (Lipinski definition) is 3. The number of halogens is 2. The van der Waals surface area contributed by atoms with Crippen molar-refractivity contribution in [3.05, 3.63) is 28.0 Å². The van der Waals surface area contributed by atoms with E-state index in [1.165, 1.54) is 5.56 Å². The summed E-state index contributed by atoms with van der Waals surface area (Å²) in [5, 5.41) is 0.483. The molecule has 0 radical (unpaired) electrons. The molecular weight excluding hydrogens is 261 g/mol. The fraction of sp³-hybridized carbons (Fsp3) is 0.583. The Morgan fingerprint density at radius 1 is 1.41 bits per heavy atom. The normalized spacial score (nSPS) is 27.4. The van der Waals surface area contributed by atoms with E-state index in [9.17, 15) is 0 Å². The van der Waals surface area contributed by atoms with Gasteiger partial charge in [0.2, 0.25) is 0 Å². The van der Waals surface area contributed by atoms with Crippen molar-refractivity contribution in [1.82, 2.24) is 4.98 Å². The number of hydrogen-bond donors (Lipinski definition) is 0. The first-order valence-corrected chi connectivity index (χ1v) is 6.63. The highest BCUT2D eigenvalue weighted by Crippen LogP contribution is 2.40. The van der Waals surface area contributed by atoms with E-state index in [0.717, 1.165) is 24.1 Å². The Bertz CT molecular complexity index is 444. The van der Waals surface area contributed by atoms with Gasteiger partial charge in [0.05, 0.1) is 18.9 Å². The Kier molecular flexibility index (Phi) is 3.03. The Morgan fingerprint density at radius 2 is 2.29 bits per heavy atom. The maximum Gasteiger partial charge on any atom is 0.136 e. The van der Waals surface area contributed by atoms with Crippen molar-refractivity contribution < 1.29 is 9.47 Å². The molecule has 0 aliphatic carbocycles. The third kappa shape index (κ3) is 1.85. The van der Waals surface area contributed by atoms with Crippen molar-refractivity contribution in [1.29, 1.82) is 0 Å². The fourth-order valence-electron chi connectivity index (χ4n) is 2.63. The number of ether oxygens (including phenoxy) is 2. The van der Waals surface area contributed by atoms with Crippen LogP contribution in [0.1, 0.15) is 23.2 Å². The lowest BCUT2D eigenvalue weighted by Gasteiger charge is -2.34. The lowest BCUT2D eigenvalue weighted by molar-refractivity contribution is -0.0666. The van der Waals surface area contributed by atoms with Gasteiger partial charge in [-0.2, -0.15) is 0 Å². The van der Waals surface area contributed by atoms with Gasteiger partial charge in [-0.25, -0.2) is 4.98 Å². The summed E-state index contributed by atoms with van der Waals surface area (Å²) < 4.78 is 11.4. The minimum atomic E-state index is -0.390. The maximum absolute atomic E-state index is 6.06. The third-order valence-electron chi connectivity index (χ3n) is 3.48. The Labute approximate surface area is 110 Å². The van der Waals surface area contributed by atoms with Crippen molar-refractivity contribution in [2.45, 2.75) is 24.3 Å². The molecule has 1 fully saturated rings. The first-order valence-electron chi connectivity index (χ1n) is 5.72. The van der Waals surface area contributed by atoms with Crippen LogP contribution >= 0.6 is 23.2 Å². The van der Waals surface area contributed by atoms with E-state index in [1.54, 1.807) is 0 Å². The minimum Gasteiger partial charge on any atom is -0.378 e. The van der Waals surface area contributed by atoms with Crippen molar-refractivity contribution in [3.8, 4) is 0 Å². The standard InChI is InChI=1S/C12H13Cl2NO2/c13-6-8-5-10(14)15-11-9(8)1-3-17-12(11)2-4-16-7-12/h5H,1-4,6-7H2. The van der Waals surface area contributed by atoms with Crippen LogP contribution in [0.15, 0.2) is 6.07 Å². The molecular formula is C12H13Cl2NO2. The van der Waals surface area contributed by atoms with E-state index in [0.29, 0.717) is 30.9 Å². The SMILES string of the molecule is ClCc1cc(Cl)nc2c1CCOC21CCOC1. The molecule has 17 heavy (non-hydrogen) atoms. The topological polar surface area (TPSA) is 31.4 Å². The number of nitrogens with zero attached hydrogens (tertiary/aromatic N) is 1. The lowest BCUT2D eigenvalue weighted by Crippen LogP contribution is -2.37. The molecule has 1 spiro atoms. The number of aromatic nitrogens is 1. The molecule has 0 N–H and O–H groups in total. The molecule has 0 saturated carbocycles. The van der Waals surface area contributed by atoms with Gasteiger partial charge in [0.1, 0.15) is 10.8 Å². The molecule has 0 bridgehead atoms. The summed E-state index contributed by atoms with van der Waals surface area (Å²) in [4.78, 5) is 4.46. The van der Waals surface area contributed by atoms with Crippen LogP contribution < -0.4 is 0 Å². The predicted molar refractivity (Wildman–Crippen MR) is 65.6 cm³/mol. The molecule has 1 unspecified atom stereocenters. The zero-order valence-corrected chi connectivity index (χ0v) is 10.9. The molecule has 3 heterocycles. The van der Waals surface area contributed by atoms with Gasteiger partial charge in [-0.05, 0) is 23.6 Å². The summed E-state index contributed by atoms with van der Waals surface area (Å²) in [6.45, 7) is 1.97. The second kappa shape index (κ2) is 4.39.